The second-order valence-electron chi connectivity index (χ2n) is 7.09. The molecular formula is C24H23N3O3. The maximum Gasteiger partial charge on any atom is 0.266 e. The van der Waals surface area contributed by atoms with Crippen molar-refractivity contribution in [3.8, 4) is 22.6 Å². The van der Waals surface area contributed by atoms with Crippen molar-refractivity contribution in [1.82, 2.24) is 4.90 Å². The third-order valence-corrected chi connectivity index (χ3v) is 5.41. The van der Waals surface area contributed by atoms with E-state index in [0.29, 0.717) is 11.3 Å². The summed E-state index contributed by atoms with van der Waals surface area (Å²) in [4.78, 5) is 19.5. The van der Waals surface area contributed by atoms with Gasteiger partial charge in [-0.05, 0) is 52.6 Å². The number of methoxy groups -OCH3 is 2. The van der Waals surface area contributed by atoms with Gasteiger partial charge >= 0.3 is 0 Å². The number of nitrogens with zero attached hydrogens (tertiary/aromatic N) is 2. The van der Waals surface area contributed by atoms with E-state index < -0.39 is 5.54 Å². The maximum atomic E-state index is 13.5. The molecule has 1 amide bonds. The van der Waals surface area contributed by atoms with Crippen molar-refractivity contribution < 1.29 is 14.3 Å². The molecule has 6 heteroatoms. The van der Waals surface area contributed by atoms with Crippen molar-refractivity contribution in [2.75, 3.05) is 21.3 Å². The van der Waals surface area contributed by atoms with Crippen LogP contribution in [0, 0.1) is 0 Å². The standard InChI is InChI=1S/C24H23N3O3/c1-27-22(28)24(26-23(27)25,19-10-6-12-21(15-19)30-3)18-9-4-7-16(13-18)17-8-5-11-20(14-17)29-2/h4-15H,1-3H3,(H2,25,26). The highest BCUT2D eigenvalue weighted by atomic mass is 16.5. The van der Waals surface area contributed by atoms with E-state index in [1.165, 1.54) is 4.90 Å². The Hall–Kier alpha value is -3.80. The Balaban J connectivity index is 1.92. The first-order valence-corrected chi connectivity index (χ1v) is 9.52. The average Bonchev–Trinajstić information content (AvgIpc) is 3.04. The lowest BCUT2D eigenvalue weighted by Crippen LogP contribution is -2.41. The zero-order chi connectivity index (χ0) is 21.3. The van der Waals surface area contributed by atoms with E-state index in [0.717, 1.165) is 22.4 Å². The van der Waals surface area contributed by atoms with Gasteiger partial charge in [-0.3, -0.25) is 9.69 Å². The van der Waals surface area contributed by atoms with E-state index in [9.17, 15) is 4.79 Å². The van der Waals surface area contributed by atoms with Gasteiger partial charge in [0.25, 0.3) is 5.91 Å². The number of hydrogen-bond donors (Lipinski definition) is 1. The molecule has 1 aliphatic heterocycles. The van der Waals surface area contributed by atoms with Crippen LogP contribution < -0.4 is 15.2 Å². The summed E-state index contributed by atoms with van der Waals surface area (Å²) >= 11 is 0. The number of nitrogens with two attached hydrogens (primary N) is 1. The Bertz CT molecular complexity index is 1140. The summed E-state index contributed by atoms with van der Waals surface area (Å²) in [5, 5.41) is 0. The predicted octanol–water partition coefficient (Wildman–Crippen LogP) is 3.40. The number of rotatable bonds is 5. The minimum atomic E-state index is -1.28. The van der Waals surface area contributed by atoms with Gasteiger partial charge in [0.05, 0.1) is 14.2 Å². The van der Waals surface area contributed by atoms with Crippen molar-refractivity contribution in [1.29, 1.82) is 0 Å². The number of carbonyl (C=O) groups is 1. The van der Waals surface area contributed by atoms with Crippen LogP contribution in [0.1, 0.15) is 11.1 Å². The van der Waals surface area contributed by atoms with E-state index in [2.05, 4.69) is 4.99 Å². The SMILES string of the molecule is COc1cccc(-c2cccc(C3(c4cccc(OC)c4)N=C(N)N(C)C3=O)c2)c1. The summed E-state index contributed by atoms with van der Waals surface area (Å²) in [5.74, 6) is 1.37. The first-order chi connectivity index (χ1) is 14.5. The molecule has 1 aliphatic rings. The fraction of sp³-hybridized carbons (Fsp3) is 0.167. The van der Waals surface area contributed by atoms with Gasteiger partial charge in [-0.15, -0.1) is 0 Å². The predicted molar refractivity (Wildman–Crippen MR) is 117 cm³/mol. The fourth-order valence-electron chi connectivity index (χ4n) is 3.76. The molecule has 1 atom stereocenters. The topological polar surface area (TPSA) is 77.2 Å². The van der Waals surface area contributed by atoms with Gasteiger partial charge in [0.2, 0.25) is 0 Å². The zero-order valence-corrected chi connectivity index (χ0v) is 17.1. The lowest BCUT2D eigenvalue weighted by molar-refractivity contribution is -0.129. The lowest BCUT2D eigenvalue weighted by atomic mass is 9.81. The van der Waals surface area contributed by atoms with E-state index in [4.69, 9.17) is 15.2 Å². The number of ether oxygens (including phenoxy) is 2. The summed E-state index contributed by atoms with van der Waals surface area (Å²) in [6, 6.07) is 22.9. The van der Waals surface area contributed by atoms with Gasteiger partial charge in [-0.1, -0.05) is 42.5 Å². The molecule has 3 aromatic rings. The van der Waals surface area contributed by atoms with Crippen LogP contribution in [0.2, 0.25) is 0 Å². The van der Waals surface area contributed by atoms with Crippen molar-refractivity contribution >= 4 is 11.9 Å². The monoisotopic (exact) mass is 401 g/mol. The molecule has 0 radical (unpaired) electrons. The Morgan fingerprint density at radius 2 is 1.37 bits per heavy atom. The molecule has 0 saturated heterocycles. The van der Waals surface area contributed by atoms with E-state index in [-0.39, 0.29) is 11.9 Å². The number of hydrogen-bond acceptors (Lipinski definition) is 5. The highest BCUT2D eigenvalue weighted by Crippen LogP contribution is 2.41. The third-order valence-electron chi connectivity index (χ3n) is 5.41. The molecule has 4 rings (SSSR count). The normalized spacial score (nSPS) is 18.3. The van der Waals surface area contributed by atoms with E-state index in [1.807, 2.05) is 72.8 Å². The first kappa shape index (κ1) is 19.5. The largest absolute Gasteiger partial charge is 0.497 e. The van der Waals surface area contributed by atoms with Gasteiger partial charge < -0.3 is 15.2 Å². The second kappa shape index (κ2) is 7.55. The summed E-state index contributed by atoms with van der Waals surface area (Å²) in [6.45, 7) is 0. The Morgan fingerprint density at radius 1 is 0.833 bits per heavy atom. The van der Waals surface area contributed by atoms with Crippen molar-refractivity contribution in [3.05, 3.63) is 83.9 Å². The highest BCUT2D eigenvalue weighted by Gasteiger charge is 2.49. The quantitative estimate of drug-likeness (QED) is 0.711. The van der Waals surface area contributed by atoms with E-state index >= 15 is 0 Å². The van der Waals surface area contributed by atoms with Crippen LogP contribution in [-0.2, 0) is 10.3 Å². The lowest BCUT2D eigenvalue weighted by Gasteiger charge is -2.27. The van der Waals surface area contributed by atoms with Crippen molar-refractivity contribution in [2.24, 2.45) is 10.7 Å². The molecule has 0 aliphatic carbocycles. The summed E-state index contributed by atoms with van der Waals surface area (Å²) in [5.41, 5.74) is 8.16. The number of aliphatic imine (C=N–C) groups is 1. The van der Waals surface area contributed by atoms with Crippen molar-refractivity contribution in [3.63, 3.8) is 0 Å². The molecular weight excluding hydrogens is 378 g/mol. The van der Waals surface area contributed by atoms with Crippen LogP contribution >= 0.6 is 0 Å². The van der Waals surface area contributed by atoms with Gasteiger partial charge in [-0.2, -0.15) is 0 Å². The van der Waals surface area contributed by atoms with Crippen LogP contribution in [-0.4, -0.2) is 38.0 Å². The average molecular weight is 401 g/mol. The maximum absolute atomic E-state index is 13.5. The molecule has 1 heterocycles. The molecule has 6 nitrogen and oxygen atoms in total. The van der Waals surface area contributed by atoms with Crippen LogP contribution in [0.3, 0.4) is 0 Å². The van der Waals surface area contributed by atoms with Gasteiger partial charge in [0.15, 0.2) is 11.5 Å². The highest BCUT2D eigenvalue weighted by molar-refractivity contribution is 6.09. The smallest absolute Gasteiger partial charge is 0.266 e. The zero-order valence-electron chi connectivity index (χ0n) is 17.1. The van der Waals surface area contributed by atoms with Crippen molar-refractivity contribution in [2.45, 2.75) is 5.54 Å². The number of guanidine groups is 1. The van der Waals surface area contributed by atoms with Gasteiger partial charge in [-0.25, -0.2) is 4.99 Å². The molecule has 0 spiro atoms. The third kappa shape index (κ3) is 3.06. The van der Waals surface area contributed by atoms with Crippen LogP contribution in [0.15, 0.2) is 77.8 Å². The van der Waals surface area contributed by atoms with Gasteiger partial charge in [0.1, 0.15) is 11.5 Å². The molecule has 30 heavy (non-hydrogen) atoms. The first-order valence-electron chi connectivity index (χ1n) is 9.52. The Morgan fingerprint density at radius 3 is 1.97 bits per heavy atom. The minimum Gasteiger partial charge on any atom is -0.497 e. The summed E-state index contributed by atoms with van der Waals surface area (Å²) < 4.78 is 10.7. The number of likely N-dealkylation sites (N-methyl/N-ethyl adjacent to an activating group) is 1. The molecule has 1 unspecified atom stereocenters. The summed E-state index contributed by atoms with van der Waals surface area (Å²) in [7, 11) is 4.86. The number of carbonyl (C=O) groups excluding carboxylic acids is 1. The second-order valence-corrected chi connectivity index (χ2v) is 7.09. The molecule has 0 bridgehead atoms. The van der Waals surface area contributed by atoms with Crippen LogP contribution in [0.25, 0.3) is 11.1 Å². The van der Waals surface area contributed by atoms with Gasteiger partial charge in [0, 0.05) is 7.05 Å². The molecule has 0 saturated carbocycles. The summed E-state index contributed by atoms with van der Waals surface area (Å²) in [6.07, 6.45) is 0. The molecule has 0 aromatic heterocycles. The number of amides is 1. The Kier molecular flexibility index (Phi) is 4.91. The molecule has 3 aromatic carbocycles. The number of benzene rings is 3. The van der Waals surface area contributed by atoms with Crippen LogP contribution in [0.5, 0.6) is 11.5 Å². The molecule has 152 valence electrons. The van der Waals surface area contributed by atoms with Crippen LogP contribution in [0.4, 0.5) is 0 Å². The molecule has 0 fully saturated rings. The minimum absolute atomic E-state index is 0.176. The van der Waals surface area contributed by atoms with E-state index in [1.54, 1.807) is 21.3 Å². The Labute approximate surface area is 175 Å². The molecule has 2 N–H and O–H groups in total. The fourth-order valence-corrected chi connectivity index (χ4v) is 3.76.